The maximum atomic E-state index is 11.7. The number of nitrogens with zero attached hydrogens (tertiary/aromatic N) is 3. The Morgan fingerprint density at radius 2 is 2.25 bits per heavy atom. The third kappa shape index (κ3) is 1.59. The standard InChI is InChI=1S/C11H11N3OS/c1-2-7-5-9(15)14(6-7)11-13-12-10(16-11)8-3-4-8/h1,7-8H,3-6H2. The van der Waals surface area contributed by atoms with E-state index in [9.17, 15) is 4.79 Å². The van der Waals surface area contributed by atoms with Crippen LogP contribution in [0.3, 0.4) is 0 Å². The van der Waals surface area contributed by atoms with Crippen molar-refractivity contribution in [1.82, 2.24) is 10.2 Å². The highest BCUT2D eigenvalue weighted by Crippen LogP contribution is 2.43. The Morgan fingerprint density at radius 3 is 2.88 bits per heavy atom. The summed E-state index contributed by atoms with van der Waals surface area (Å²) in [7, 11) is 0. The van der Waals surface area contributed by atoms with Gasteiger partial charge in [0.05, 0.1) is 0 Å². The normalized spacial score (nSPS) is 24.8. The minimum absolute atomic E-state index is 0.0285. The number of hydrogen-bond acceptors (Lipinski definition) is 4. The fourth-order valence-corrected chi connectivity index (χ4v) is 2.87. The van der Waals surface area contributed by atoms with Crippen molar-refractivity contribution in [2.45, 2.75) is 25.2 Å². The van der Waals surface area contributed by atoms with E-state index in [1.165, 1.54) is 24.2 Å². The topological polar surface area (TPSA) is 46.1 Å². The number of terminal acetylenes is 1. The number of amides is 1. The molecule has 0 aromatic carbocycles. The molecule has 0 spiro atoms. The van der Waals surface area contributed by atoms with Gasteiger partial charge in [-0.3, -0.25) is 9.69 Å². The van der Waals surface area contributed by atoms with Crippen molar-refractivity contribution in [1.29, 1.82) is 0 Å². The van der Waals surface area contributed by atoms with Crippen LogP contribution in [0.5, 0.6) is 0 Å². The first-order valence-electron chi connectivity index (χ1n) is 5.38. The van der Waals surface area contributed by atoms with Crippen LogP contribution in [0.25, 0.3) is 0 Å². The van der Waals surface area contributed by atoms with Crippen LogP contribution in [0.4, 0.5) is 5.13 Å². The summed E-state index contributed by atoms with van der Waals surface area (Å²) in [5, 5.41) is 9.99. The maximum Gasteiger partial charge on any atom is 0.230 e. The van der Waals surface area contributed by atoms with Crippen molar-refractivity contribution in [3.63, 3.8) is 0 Å². The summed E-state index contributed by atoms with van der Waals surface area (Å²) in [4.78, 5) is 13.4. The summed E-state index contributed by atoms with van der Waals surface area (Å²) in [6, 6.07) is 0. The molecule has 0 radical (unpaired) electrons. The molecular weight excluding hydrogens is 222 g/mol. The third-order valence-electron chi connectivity index (χ3n) is 2.95. The highest BCUT2D eigenvalue weighted by atomic mass is 32.1. The molecule has 16 heavy (non-hydrogen) atoms. The van der Waals surface area contributed by atoms with E-state index in [0.29, 0.717) is 24.0 Å². The van der Waals surface area contributed by atoms with Crippen LogP contribution >= 0.6 is 11.3 Å². The smallest absolute Gasteiger partial charge is 0.230 e. The zero-order valence-electron chi connectivity index (χ0n) is 8.72. The van der Waals surface area contributed by atoms with E-state index in [1.54, 1.807) is 4.90 Å². The maximum absolute atomic E-state index is 11.7. The van der Waals surface area contributed by atoms with Gasteiger partial charge in [0.15, 0.2) is 0 Å². The molecule has 3 rings (SSSR count). The van der Waals surface area contributed by atoms with E-state index in [4.69, 9.17) is 6.42 Å². The lowest BCUT2D eigenvalue weighted by Gasteiger charge is -2.09. The SMILES string of the molecule is C#CC1CC(=O)N(c2nnc(C3CC3)s2)C1. The molecule has 4 nitrogen and oxygen atoms in total. The predicted molar refractivity (Wildman–Crippen MR) is 61.2 cm³/mol. The number of hydrogen-bond donors (Lipinski definition) is 0. The van der Waals surface area contributed by atoms with Gasteiger partial charge in [0.25, 0.3) is 0 Å². The molecule has 0 N–H and O–H groups in total. The molecule has 5 heteroatoms. The summed E-state index contributed by atoms with van der Waals surface area (Å²) < 4.78 is 0. The van der Waals surface area contributed by atoms with Gasteiger partial charge in [0.2, 0.25) is 11.0 Å². The van der Waals surface area contributed by atoms with E-state index in [-0.39, 0.29) is 11.8 Å². The molecule has 2 fully saturated rings. The van der Waals surface area contributed by atoms with Crippen LogP contribution in [0, 0.1) is 18.3 Å². The molecule has 0 bridgehead atoms. The Bertz CT molecular complexity index is 472. The Labute approximate surface area is 97.7 Å². The Hall–Kier alpha value is -1.41. The first-order chi connectivity index (χ1) is 7.78. The summed E-state index contributed by atoms with van der Waals surface area (Å²) >= 11 is 1.53. The summed E-state index contributed by atoms with van der Waals surface area (Å²) in [6.45, 7) is 0.592. The molecule has 1 aromatic heterocycles. The minimum atomic E-state index is 0.0285. The lowest BCUT2D eigenvalue weighted by molar-refractivity contribution is -0.117. The molecule has 1 saturated heterocycles. The summed E-state index contributed by atoms with van der Waals surface area (Å²) in [5.41, 5.74) is 0. The van der Waals surface area contributed by atoms with Crippen molar-refractivity contribution in [3.05, 3.63) is 5.01 Å². The summed E-state index contributed by atoms with van der Waals surface area (Å²) in [6.07, 6.45) is 8.19. The van der Waals surface area contributed by atoms with Crippen molar-refractivity contribution in [2.75, 3.05) is 11.4 Å². The van der Waals surface area contributed by atoms with Crippen LogP contribution < -0.4 is 4.90 Å². The van der Waals surface area contributed by atoms with Crippen molar-refractivity contribution in [2.24, 2.45) is 5.92 Å². The molecule has 1 unspecified atom stereocenters. The van der Waals surface area contributed by atoms with Crippen LogP contribution in [-0.2, 0) is 4.79 Å². The Balaban J connectivity index is 1.81. The van der Waals surface area contributed by atoms with E-state index in [0.717, 1.165) is 5.01 Å². The average Bonchev–Trinajstić information content (AvgIpc) is 2.89. The first kappa shape index (κ1) is 9.79. The first-order valence-corrected chi connectivity index (χ1v) is 6.19. The minimum Gasteiger partial charge on any atom is -0.285 e. The number of carbonyl (C=O) groups excluding carboxylic acids is 1. The number of anilines is 1. The van der Waals surface area contributed by atoms with E-state index in [1.807, 2.05) is 0 Å². The fraction of sp³-hybridized carbons (Fsp3) is 0.545. The fourth-order valence-electron chi connectivity index (χ4n) is 1.83. The zero-order chi connectivity index (χ0) is 11.1. The third-order valence-corrected chi connectivity index (χ3v) is 4.06. The quantitative estimate of drug-likeness (QED) is 0.725. The molecular formula is C11H11N3OS. The number of rotatable bonds is 2. The van der Waals surface area contributed by atoms with Gasteiger partial charge in [-0.1, -0.05) is 11.3 Å². The molecule has 2 aliphatic rings. The molecule has 1 amide bonds. The number of carbonyl (C=O) groups is 1. The lowest BCUT2D eigenvalue weighted by Crippen LogP contribution is -2.24. The van der Waals surface area contributed by atoms with Crippen LogP contribution in [0.15, 0.2) is 0 Å². The van der Waals surface area contributed by atoms with Crippen LogP contribution in [0.2, 0.25) is 0 Å². The van der Waals surface area contributed by atoms with Crippen LogP contribution in [-0.4, -0.2) is 22.6 Å². The zero-order valence-corrected chi connectivity index (χ0v) is 9.54. The average molecular weight is 233 g/mol. The van der Waals surface area contributed by atoms with E-state index < -0.39 is 0 Å². The van der Waals surface area contributed by atoms with Gasteiger partial charge in [-0.2, -0.15) is 0 Å². The van der Waals surface area contributed by atoms with Gasteiger partial charge >= 0.3 is 0 Å². The van der Waals surface area contributed by atoms with E-state index in [2.05, 4.69) is 16.1 Å². The van der Waals surface area contributed by atoms with Gasteiger partial charge in [-0.15, -0.1) is 22.5 Å². The second-order valence-corrected chi connectivity index (χ2v) is 5.26. The number of aromatic nitrogens is 2. The molecule has 1 saturated carbocycles. The predicted octanol–water partition coefficient (Wildman–Crippen LogP) is 1.40. The molecule has 1 aromatic rings. The van der Waals surface area contributed by atoms with Gasteiger partial charge < -0.3 is 0 Å². The molecule has 1 atom stereocenters. The molecule has 1 aliphatic carbocycles. The van der Waals surface area contributed by atoms with Gasteiger partial charge in [-0.05, 0) is 12.8 Å². The largest absolute Gasteiger partial charge is 0.285 e. The highest BCUT2D eigenvalue weighted by molar-refractivity contribution is 7.15. The van der Waals surface area contributed by atoms with Crippen molar-refractivity contribution < 1.29 is 4.79 Å². The molecule has 2 heterocycles. The second kappa shape index (κ2) is 3.56. The Morgan fingerprint density at radius 1 is 1.44 bits per heavy atom. The van der Waals surface area contributed by atoms with Gasteiger partial charge in [0.1, 0.15) is 5.01 Å². The van der Waals surface area contributed by atoms with Gasteiger partial charge in [-0.25, -0.2) is 0 Å². The Kier molecular flexibility index (Phi) is 2.18. The van der Waals surface area contributed by atoms with Crippen LogP contribution in [0.1, 0.15) is 30.2 Å². The monoisotopic (exact) mass is 233 g/mol. The lowest BCUT2D eigenvalue weighted by atomic mass is 10.1. The van der Waals surface area contributed by atoms with Crippen molar-refractivity contribution >= 4 is 22.4 Å². The second-order valence-electron chi connectivity index (χ2n) is 4.27. The molecule has 1 aliphatic heterocycles. The molecule has 82 valence electrons. The van der Waals surface area contributed by atoms with Crippen molar-refractivity contribution in [3.8, 4) is 12.3 Å². The van der Waals surface area contributed by atoms with Gasteiger partial charge in [0, 0.05) is 24.8 Å². The highest BCUT2D eigenvalue weighted by Gasteiger charge is 2.33. The summed E-state index contributed by atoms with van der Waals surface area (Å²) in [5.74, 6) is 3.32. The van der Waals surface area contributed by atoms with E-state index >= 15 is 0 Å².